The molecule has 2 rings (SSSR count). The topological polar surface area (TPSA) is 64.3 Å². The maximum Gasteiger partial charge on any atom is 0.416 e. The van der Waals surface area contributed by atoms with Gasteiger partial charge in [0.2, 0.25) is 5.91 Å². The predicted octanol–water partition coefficient (Wildman–Crippen LogP) is 2.90. The molecule has 0 unspecified atom stereocenters. The minimum Gasteiger partial charge on any atom is -0.497 e. The summed E-state index contributed by atoms with van der Waals surface area (Å²) < 4.78 is 44.3. The maximum absolute atomic E-state index is 13.1. The second-order valence-corrected chi connectivity index (χ2v) is 5.53. The van der Waals surface area contributed by atoms with Crippen LogP contribution in [0.4, 0.5) is 13.2 Å². The average Bonchev–Trinajstić information content (AvgIpc) is 2.59. The summed E-state index contributed by atoms with van der Waals surface area (Å²) in [6.45, 7) is -0.264. The fraction of sp³-hybridized carbons (Fsp3) is 0.278. The number of rotatable bonds is 6. The van der Waals surface area contributed by atoms with Crippen LogP contribution in [0, 0.1) is 0 Å². The van der Waals surface area contributed by atoms with Gasteiger partial charge in [-0.05, 0) is 29.7 Å². The molecule has 0 radical (unpaired) electrons. The van der Waals surface area contributed by atoms with E-state index in [1.54, 1.807) is 0 Å². The molecule has 2 aromatic rings. The fourth-order valence-electron chi connectivity index (χ4n) is 2.37. The smallest absolute Gasteiger partial charge is 0.416 e. The first-order chi connectivity index (χ1) is 11.8. The molecule has 0 aromatic heterocycles. The number of hydrogen-bond donors (Lipinski definition) is 2. The fourth-order valence-corrected chi connectivity index (χ4v) is 2.37. The third kappa shape index (κ3) is 5.22. The van der Waals surface area contributed by atoms with Crippen molar-refractivity contribution in [3.63, 3.8) is 0 Å². The van der Waals surface area contributed by atoms with Gasteiger partial charge in [0.05, 0.1) is 18.7 Å². The third-order valence-electron chi connectivity index (χ3n) is 3.71. The van der Waals surface area contributed by atoms with Crippen LogP contribution in [0.25, 0.3) is 0 Å². The van der Waals surface area contributed by atoms with E-state index in [1.165, 1.54) is 19.2 Å². The molecule has 7 heteroatoms. The predicted molar refractivity (Wildman–Crippen MR) is 88.0 cm³/mol. The van der Waals surface area contributed by atoms with Crippen LogP contribution >= 0.6 is 0 Å². The first-order valence-electron chi connectivity index (χ1n) is 7.62. The number of nitrogens with one attached hydrogen (secondary N) is 1. The quantitative estimate of drug-likeness (QED) is 0.840. The largest absolute Gasteiger partial charge is 0.497 e. The van der Waals surface area contributed by atoms with Gasteiger partial charge in [-0.3, -0.25) is 4.79 Å². The summed E-state index contributed by atoms with van der Waals surface area (Å²) in [5.41, 5.74) is 5.82. The molecule has 4 nitrogen and oxygen atoms in total. The minimum absolute atomic E-state index is 0.0476. The SMILES string of the molecule is COc1ccc(CNC(=O)[C@@H](N)Cc2ccccc2)c(C(F)(F)F)c1. The maximum atomic E-state index is 13.1. The lowest BCUT2D eigenvalue weighted by Gasteiger charge is -2.16. The molecule has 2 aromatic carbocycles. The number of carbonyl (C=O) groups is 1. The highest BCUT2D eigenvalue weighted by molar-refractivity contribution is 5.81. The molecule has 0 bridgehead atoms. The Labute approximate surface area is 143 Å². The number of ether oxygens (including phenoxy) is 1. The first kappa shape index (κ1) is 18.8. The molecule has 0 aliphatic carbocycles. The molecule has 0 saturated carbocycles. The van der Waals surface area contributed by atoms with Crippen molar-refractivity contribution in [3.05, 3.63) is 65.2 Å². The van der Waals surface area contributed by atoms with Crippen LogP contribution in [0.5, 0.6) is 5.75 Å². The van der Waals surface area contributed by atoms with Gasteiger partial charge in [-0.1, -0.05) is 36.4 Å². The number of hydrogen-bond acceptors (Lipinski definition) is 3. The molecule has 1 amide bonds. The van der Waals surface area contributed by atoms with E-state index in [0.717, 1.165) is 11.6 Å². The van der Waals surface area contributed by atoms with Crippen molar-refractivity contribution in [2.75, 3.05) is 7.11 Å². The molecule has 0 saturated heterocycles. The van der Waals surface area contributed by atoms with Crippen LogP contribution < -0.4 is 15.8 Å². The summed E-state index contributed by atoms with van der Waals surface area (Å²) in [5, 5.41) is 2.46. The molecule has 0 heterocycles. The highest BCUT2D eigenvalue weighted by Crippen LogP contribution is 2.34. The lowest BCUT2D eigenvalue weighted by Crippen LogP contribution is -2.41. The van der Waals surface area contributed by atoms with Crippen LogP contribution in [0.1, 0.15) is 16.7 Å². The van der Waals surface area contributed by atoms with E-state index in [9.17, 15) is 18.0 Å². The van der Waals surface area contributed by atoms with Crippen LogP contribution in [0.2, 0.25) is 0 Å². The van der Waals surface area contributed by atoms with E-state index >= 15 is 0 Å². The van der Waals surface area contributed by atoms with Gasteiger partial charge in [0.1, 0.15) is 5.75 Å². The van der Waals surface area contributed by atoms with Crippen molar-refractivity contribution in [3.8, 4) is 5.75 Å². The van der Waals surface area contributed by atoms with Crippen molar-refractivity contribution < 1.29 is 22.7 Å². The van der Waals surface area contributed by atoms with Gasteiger partial charge in [0.15, 0.2) is 0 Å². The van der Waals surface area contributed by atoms with Crippen molar-refractivity contribution in [1.82, 2.24) is 5.32 Å². The number of alkyl halides is 3. The number of amides is 1. The van der Waals surface area contributed by atoms with E-state index in [0.29, 0.717) is 6.42 Å². The Kier molecular flexibility index (Phi) is 6.03. The van der Waals surface area contributed by atoms with Crippen molar-refractivity contribution in [2.24, 2.45) is 5.73 Å². The molecule has 0 aliphatic rings. The summed E-state index contributed by atoms with van der Waals surface area (Å²) >= 11 is 0. The summed E-state index contributed by atoms with van der Waals surface area (Å²) in [6, 6.07) is 11.9. The Morgan fingerprint density at radius 1 is 1.20 bits per heavy atom. The molecular weight excluding hydrogens is 333 g/mol. The van der Waals surface area contributed by atoms with Gasteiger partial charge in [-0.25, -0.2) is 0 Å². The van der Waals surface area contributed by atoms with Gasteiger partial charge < -0.3 is 15.8 Å². The van der Waals surface area contributed by atoms with Crippen LogP contribution in [-0.2, 0) is 23.9 Å². The van der Waals surface area contributed by atoms with E-state index in [2.05, 4.69) is 5.32 Å². The summed E-state index contributed by atoms with van der Waals surface area (Å²) in [6.07, 6.45) is -4.23. The molecule has 3 N–H and O–H groups in total. The Morgan fingerprint density at radius 3 is 2.48 bits per heavy atom. The van der Waals surface area contributed by atoms with Gasteiger partial charge in [0.25, 0.3) is 0 Å². The molecule has 0 aliphatic heterocycles. The zero-order chi connectivity index (χ0) is 18.4. The Balaban J connectivity index is 2.04. The molecule has 0 fully saturated rings. The van der Waals surface area contributed by atoms with Gasteiger partial charge in [0, 0.05) is 6.54 Å². The van der Waals surface area contributed by atoms with Crippen molar-refractivity contribution in [1.29, 1.82) is 0 Å². The standard InChI is InChI=1S/C18H19F3N2O2/c1-25-14-8-7-13(15(10-14)18(19,20)21)11-23-17(24)16(22)9-12-5-3-2-4-6-12/h2-8,10,16H,9,11,22H2,1H3,(H,23,24)/t16-/m0/s1. The second kappa shape index (κ2) is 8.02. The highest BCUT2D eigenvalue weighted by atomic mass is 19.4. The van der Waals surface area contributed by atoms with E-state index in [-0.39, 0.29) is 17.9 Å². The average molecular weight is 352 g/mol. The van der Waals surface area contributed by atoms with Gasteiger partial charge in [-0.15, -0.1) is 0 Å². The van der Waals surface area contributed by atoms with Gasteiger partial charge in [-0.2, -0.15) is 13.2 Å². The number of carbonyl (C=O) groups excluding carboxylic acids is 1. The molecule has 1 atom stereocenters. The van der Waals surface area contributed by atoms with E-state index in [1.807, 2.05) is 30.3 Å². The van der Waals surface area contributed by atoms with Gasteiger partial charge >= 0.3 is 6.18 Å². The minimum atomic E-state index is -4.54. The Morgan fingerprint density at radius 2 is 1.88 bits per heavy atom. The molecule has 0 spiro atoms. The lowest BCUT2D eigenvalue weighted by molar-refractivity contribution is -0.138. The van der Waals surface area contributed by atoms with Crippen molar-refractivity contribution in [2.45, 2.75) is 25.2 Å². The van der Waals surface area contributed by atoms with Crippen LogP contribution in [0.15, 0.2) is 48.5 Å². The number of benzene rings is 2. The lowest BCUT2D eigenvalue weighted by atomic mass is 10.0. The van der Waals surface area contributed by atoms with E-state index < -0.39 is 23.7 Å². The first-order valence-corrected chi connectivity index (χ1v) is 7.62. The van der Waals surface area contributed by atoms with Crippen LogP contribution in [-0.4, -0.2) is 19.1 Å². The Bertz CT molecular complexity index is 718. The normalized spacial score (nSPS) is 12.5. The highest BCUT2D eigenvalue weighted by Gasteiger charge is 2.33. The molecule has 25 heavy (non-hydrogen) atoms. The zero-order valence-electron chi connectivity index (χ0n) is 13.6. The van der Waals surface area contributed by atoms with E-state index in [4.69, 9.17) is 10.5 Å². The third-order valence-corrected chi connectivity index (χ3v) is 3.71. The monoisotopic (exact) mass is 352 g/mol. The summed E-state index contributed by atoms with van der Waals surface area (Å²) in [5.74, 6) is -0.407. The number of nitrogens with two attached hydrogens (primary N) is 1. The molecule has 134 valence electrons. The Hall–Kier alpha value is -2.54. The summed E-state index contributed by atoms with van der Waals surface area (Å²) in [4.78, 5) is 12.1. The second-order valence-electron chi connectivity index (χ2n) is 5.53. The molecular formula is C18H19F3N2O2. The number of methoxy groups -OCH3 is 1. The van der Waals surface area contributed by atoms with Crippen LogP contribution in [0.3, 0.4) is 0 Å². The van der Waals surface area contributed by atoms with Crippen molar-refractivity contribution >= 4 is 5.91 Å². The zero-order valence-corrected chi connectivity index (χ0v) is 13.6. The number of halogens is 3. The summed E-state index contributed by atoms with van der Waals surface area (Å²) in [7, 11) is 1.29.